The first-order valence-corrected chi connectivity index (χ1v) is 6.59. The first-order chi connectivity index (χ1) is 9.51. The molecule has 2 aromatic heterocycles. The molecular formula is C13H11Cl2N3O2. The summed E-state index contributed by atoms with van der Waals surface area (Å²) in [4.78, 5) is 27.3. The molecule has 0 saturated heterocycles. The van der Waals surface area contributed by atoms with Crippen LogP contribution < -0.4 is 10.9 Å². The Kier molecular flexibility index (Phi) is 4.42. The topological polar surface area (TPSA) is 64.0 Å². The van der Waals surface area contributed by atoms with Crippen LogP contribution in [0.3, 0.4) is 0 Å². The molecule has 1 N–H and O–H groups in total. The summed E-state index contributed by atoms with van der Waals surface area (Å²) in [6.07, 6.45) is 2.88. The average molecular weight is 312 g/mol. The summed E-state index contributed by atoms with van der Waals surface area (Å²) in [6.45, 7) is 2.36. The highest BCUT2D eigenvalue weighted by Crippen LogP contribution is 2.19. The van der Waals surface area contributed by atoms with E-state index in [1.165, 1.54) is 29.0 Å². The standard InChI is InChI=1S/C13H11Cl2N3O2/c1-2-18-7-8(3-4-12(18)19)17-13(20)9-5-11(15)16-6-10(9)14/h3-7H,2H2,1H3,(H,17,20). The highest BCUT2D eigenvalue weighted by Gasteiger charge is 2.12. The van der Waals surface area contributed by atoms with Gasteiger partial charge in [-0.25, -0.2) is 4.98 Å². The van der Waals surface area contributed by atoms with E-state index in [1.807, 2.05) is 6.92 Å². The number of carbonyl (C=O) groups excluding carboxylic acids is 1. The van der Waals surface area contributed by atoms with Crippen LogP contribution in [-0.4, -0.2) is 15.5 Å². The molecule has 0 aliphatic heterocycles. The van der Waals surface area contributed by atoms with Crippen molar-refractivity contribution in [1.82, 2.24) is 9.55 Å². The predicted molar refractivity (Wildman–Crippen MR) is 78.6 cm³/mol. The van der Waals surface area contributed by atoms with Gasteiger partial charge in [0.15, 0.2) is 0 Å². The fourth-order valence-electron chi connectivity index (χ4n) is 1.64. The maximum absolute atomic E-state index is 12.1. The molecular weight excluding hydrogens is 301 g/mol. The van der Waals surface area contributed by atoms with Crippen molar-refractivity contribution in [3.63, 3.8) is 0 Å². The number of halogens is 2. The van der Waals surface area contributed by atoms with Crippen molar-refractivity contribution in [1.29, 1.82) is 0 Å². The summed E-state index contributed by atoms with van der Waals surface area (Å²) in [5.74, 6) is -0.416. The Bertz CT molecular complexity index is 713. The third-order valence-corrected chi connectivity index (χ3v) is 3.16. The molecule has 0 aliphatic carbocycles. The molecule has 5 nitrogen and oxygen atoms in total. The fourth-order valence-corrected chi connectivity index (χ4v) is 1.99. The van der Waals surface area contributed by atoms with Crippen LogP contribution in [0.5, 0.6) is 0 Å². The van der Waals surface area contributed by atoms with Crippen molar-refractivity contribution >= 4 is 34.8 Å². The number of aromatic nitrogens is 2. The Morgan fingerprint density at radius 2 is 2.15 bits per heavy atom. The van der Waals surface area contributed by atoms with Crippen molar-refractivity contribution < 1.29 is 4.79 Å². The van der Waals surface area contributed by atoms with Gasteiger partial charge in [0.25, 0.3) is 11.5 Å². The highest BCUT2D eigenvalue weighted by atomic mass is 35.5. The molecule has 1 amide bonds. The van der Waals surface area contributed by atoms with E-state index in [-0.39, 0.29) is 21.3 Å². The minimum Gasteiger partial charge on any atom is -0.321 e. The van der Waals surface area contributed by atoms with Gasteiger partial charge in [-0.1, -0.05) is 23.2 Å². The first kappa shape index (κ1) is 14.6. The van der Waals surface area contributed by atoms with E-state index in [0.29, 0.717) is 12.2 Å². The normalized spacial score (nSPS) is 10.3. The second-order valence-electron chi connectivity index (χ2n) is 3.98. The summed E-state index contributed by atoms with van der Waals surface area (Å²) >= 11 is 11.6. The number of carbonyl (C=O) groups is 1. The lowest BCUT2D eigenvalue weighted by Crippen LogP contribution is -2.20. The Morgan fingerprint density at radius 1 is 1.40 bits per heavy atom. The van der Waals surface area contributed by atoms with Crippen LogP contribution in [0, 0.1) is 0 Å². The number of nitrogens with one attached hydrogen (secondary N) is 1. The minimum absolute atomic E-state index is 0.129. The van der Waals surface area contributed by atoms with Crippen LogP contribution in [0.4, 0.5) is 5.69 Å². The quantitative estimate of drug-likeness (QED) is 0.886. The van der Waals surface area contributed by atoms with Crippen LogP contribution >= 0.6 is 23.2 Å². The van der Waals surface area contributed by atoms with Crippen LogP contribution in [0.2, 0.25) is 10.2 Å². The molecule has 0 spiro atoms. The summed E-state index contributed by atoms with van der Waals surface area (Å²) in [6, 6.07) is 4.30. The number of rotatable bonds is 3. The van der Waals surface area contributed by atoms with Gasteiger partial charge in [-0.2, -0.15) is 0 Å². The molecule has 0 aliphatic rings. The monoisotopic (exact) mass is 311 g/mol. The largest absolute Gasteiger partial charge is 0.321 e. The lowest BCUT2D eigenvalue weighted by atomic mass is 10.2. The molecule has 2 rings (SSSR count). The molecule has 2 aromatic rings. The molecule has 0 aromatic carbocycles. The second-order valence-corrected chi connectivity index (χ2v) is 4.78. The van der Waals surface area contributed by atoms with Gasteiger partial charge in [0.1, 0.15) is 5.15 Å². The number of amides is 1. The third-order valence-electron chi connectivity index (χ3n) is 2.65. The zero-order valence-corrected chi connectivity index (χ0v) is 12.1. The van der Waals surface area contributed by atoms with E-state index in [4.69, 9.17) is 23.2 Å². The van der Waals surface area contributed by atoms with Gasteiger partial charge in [-0.15, -0.1) is 0 Å². The summed E-state index contributed by atoms with van der Waals surface area (Å²) in [5.41, 5.74) is 0.594. The summed E-state index contributed by atoms with van der Waals surface area (Å²) < 4.78 is 1.48. The number of pyridine rings is 2. The number of aryl methyl sites for hydroxylation is 1. The second kappa shape index (κ2) is 6.07. The van der Waals surface area contributed by atoms with Crippen LogP contribution in [0.1, 0.15) is 17.3 Å². The van der Waals surface area contributed by atoms with Crippen molar-refractivity contribution in [3.8, 4) is 0 Å². The lowest BCUT2D eigenvalue weighted by Gasteiger charge is -2.09. The van der Waals surface area contributed by atoms with Crippen LogP contribution in [0.15, 0.2) is 35.4 Å². The van der Waals surface area contributed by atoms with Crippen molar-refractivity contribution in [2.24, 2.45) is 0 Å². The first-order valence-electron chi connectivity index (χ1n) is 5.84. The van der Waals surface area contributed by atoms with Crippen LogP contribution in [-0.2, 0) is 6.54 Å². The lowest BCUT2D eigenvalue weighted by molar-refractivity contribution is 0.102. The molecule has 0 fully saturated rings. The molecule has 7 heteroatoms. The van der Waals surface area contributed by atoms with Gasteiger partial charge in [-0.05, 0) is 19.1 Å². The highest BCUT2D eigenvalue weighted by molar-refractivity contribution is 6.35. The SMILES string of the molecule is CCn1cc(NC(=O)c2cc(Cl)ncc2Cl)ccc1=O. The van der Waals surface area contributed by atoms with Crippen molar-refractivity contribution in [2.45, 2.75) is 13.5 Å². The Morgan fingerprint density at radius 3 is 2.85 bits per heavy atom. The van der Waals surface area contributed by atoms with E-state index >= 15 is 0 Å². The van der Waals surface area contributed by atoms with E-state index in [0.717, 1.165) is 0 Å². The van der Waals surface area contributed by atoms with Gasteiger partial charge >= 0.3 is 0 Å². The van der Waals surface area contributed by atoms with Gasteiger partial charge in [0.2, 0.25) is 0 Å². The van der Waals surface area contributed by atoms with Gasteiger partial charge in [0, 0.05) is 25.0 Å². The number of anilines is 1. The number of hydrogen-bond donors (Lipinski definition) is 1. The van der Waals surface area contributed by atoms with E-state index < -0.39 is 5.91 Å². The zero-order chi connectivity index (χ0) is 14.7. The zero-order valence-electron chi connectivity index (χ0n) is 10.6. The molecule has 0 atom stereocenters. The summed E-state index contributed by atoms with van der Waals surface area (Å²) in [5, 5.41) is 3.04. The average Bonchev–Trinajstić information content (AvgIpc) is 2.43. The molecule has 0 saturated carbocycles. The minimum atomic E-state index is -0.416. The van der Waals surface area contributed by atoms with E-state index in [1.54, 1.807) is 6.20 Å². The molecule has 0 radical (unpaired) electrons. The molecule has 104 valence electrons. The van der Waals surface area contributed by atoms with Gasteiger partial charge in [0.05, 0.1) is 16.3 Å². The number of nitrogens with zero attached hydrogens (tertiary/aromatic N) is 2. The third kappa shape index (κ3) is 3.18. The van der Waals surface area contributed by atoms with Crippen molar-refractivity contribution in [2.75, 3.05) is 5.32 Å². The molecule has 2 heterocycles. The van der Waals surface area contributed by atoms with E-state index in [2.05, 4.69) is 10.3 Å². The molecule has 0 unspecified atom stereocenters. The van der Waals surface area contributed by atoms with Gasteiger partial charge in [-0.3, -0.25) is 9.59 Å². The maximum atomic E-state index is 12.1. The summed E-state index contributed by atoms with van der Waals surface area (Å²) in [7, 11) is 0. The Labute approximate surface area is 125 Å². The van der Waals surface area contributed by atoms with E-state index in [9.17, 15) is 9.59 Å². The molecule has 0 bridgehead atoms. The smallest absolute Gasteiger partial charge is 0.257 e. The molecule has 20 heavy (non-hydrogen) atoms. The number of hydrogen-bond acceptors (Lipinski definition) is 3. The van der Waals surface area contributed by atoms with Gasteiger partial charge < -0.3 is 9.88 Å². The van der Waals surface area contributed by atoms with Crippen molar-refractivity contribution in [3.05, 3.63) is 56.7 Å². The van der Waals surface area contributed by atoms with Crippen LogP contribution in [0.25, 0.3) is 0 Å². The predicted octanol–water partition coefficient (Wildman–Crippen LogP) is 2.82. The Balaban J connectivity index is 2.28. The fraction of sp³-hybridized carbons (Fsp3) is 0.154. The Hall–Kier alpha value is -1.85. The maximum Gasteiger partial charge on any atom is 0.257 e.